The van der Waals surface area contributed by atoms with Crippen molar-refractivity contribution in [3.8, 4) is 0 Å². The van der Waals surface area contributed by atoms with Crippen LogP contribution in [-0.2, 0) is 4.79 Å². The van der Waals surface area contributed by atoms with Crippen LogP contribution in [0.2, 0.25) is 0 Å². The van der Waals surface area contributed by atoms with Gasteiger partial charge in [-0.2, -0.15) is 0 Å². The van der Waals surface area contributed by atoms with Crippen molar-refractivity contribution in [1.29, 1.82) is 0 Å². The highest BCUT2D eigenvalue weighted by Crippen LogP contribution is 2.26. The summed E-state index contributed by atoms with van der Waals surface area (Å²) >= 11 is 1.44. The lowest BCUT2D eigenvalue weighted by atomic mass is 10.2. The maximum atomic E-state index is 11.5. The van der Waals surface area contributed by atoms with Crippen molar-refractivity contribution in [2.24, 2.45) is 5.92 Å². The summed E-state index contributed by atoms with van der Waals surface area (Å²) in [6.07, 6.45) is 0. The van der Waals surface area contributed by atoms with E-state index in [4.69, 9.17) is 5.73 Å². The molecule has 16 heavy (non-hydrogen) atoms. The normalized spacial score (nSPS) is 10.9. The molecule has 0 aliphatic carbocycles. The number of hydrogen-bond acceptors (Lipinski definition) is 4. The molecule has 1 aromatic heterocycles. The van der Waals surface area contributed by atoms with Crippen LogP contribution in [0, 0.1) is 5.92 Å². The lowest BCUT2D eigenvalue weighted by molar-refractivity contribution is -0.118. The van der Waals surface area contributed by atoms with Gasteiger partial charge < -0.3 is 11.1 Å². The number of fused-ring (bicyclic) bond motifs is 1. The Bertz CT molecular complexity index is 533. The summed E-state index contributed by atoms with van der Waals surface area (Å²) in [6, 6.07) is 5.61. The van der Waals surface area contributed by atoms with Crippen molar-refractivity contribution in [2.45, 2.75) is 13.8 Å². The number of hydrogen-bond donors (Lipinski definition) is 2. The minimum absolute atomic E-state index is 0.00236. The Labute approximate surface area is 97.5 Å². The van der Waals surface area contributed by atoms with Gasteiger partial charge in [-0.1, -0.05) is 25.2 Å². The molecule has 4 nitrogen and oxygen atoms in total. The Morgan fingerprint density at radius 3 is 2.94 bits per heavy atom. The molecule has 3 N–H and O–H groups in total. The minimum Gasteiger partial charge on any atom is -0.375 e. The summed E-state index contributed by atoms with van der Waals surface area (Å²) in [5, 5.41) is 3.37. The van der Waals surface area contributed by atoms with Crippen molar-refractivity contribution < 1.29 is 4.79 Å². The van der Waals surface area contributed by atoms with Gasteiger partial charge in [0.2, 0.25) is 5.91 Å². The number of carbonyl (C=O) groups excluding carboxylic acids is 1. The first-order valence-corrected chi connectivity index (χ1v) is 5.85. The fourth-order valence-corrected chi connectivity index (χ4v) is 2.02. The largest absolute Gasteiger partial charge is 0.375 e. The summed E-state index contributed by atoms with van der Waals surface area (Å²) < 4.78 is 1.03. The fraction of sp³-hybridized carbons (Fsp3) is 0.273. The molecule has 0 aliphatic rings. The van der Waals surface area contributed by atoms with Crippen LogP contribution in [0.4, 0.5) is 10.8 Å². The molecule has 2 aromatic rings. The van der Waals surface area contributed by atoms with E-state index in [0.29, 0.717) is 5.13 Å². The number of benzene rings is 1. The maximum Gasteiger partial charge on any atom is 0.226 e. The molecule has 0 radical (unpaired) electrons. The van der Waals surface area contributed by atoms with Crippen LogP contribution >= 0.6 is 11.3 Å². The van der Waals surface area contributed by atoms with Crippen LogP contribution in [0.3, 0.4) is 0 Å². The summed E-state index contributed by atoms with van der Waals surface area (Å²) in [6.45, 7) is 3.71. The molecular formula is C11H13N3OS. The zero-order chi connectivity index (χ0) is 11.7. The van der Waals surface area contributed by atoms with Crippen molar-refractivity contribution >= 4 is 38.3 Å². The van der Waals surface area contributed by atoms with E-state index in [1.54, 1.807) is 0 Å². The van der Waals surface area contributed by atoms with Crippen LogP contribution < -0.4 is 11.1 Å². The first kappa shape index (κ1) is 10.9. The average molecular weight is 235 g/mol. The van der Waals surface area contributed by atoms with E-state index in [2.05, 4.69) is 10.3 Å². The van der Waals surface area contributed by atoms with Gasteiger partial charge in [-0.3, -0.25) is 4.79 Å². The Kier molecular flexibility index (Phi) is 2.78. The maximum absolute atomic E-state index is 11.5. The Hall–Kier alpha value is -1.62. The number of amides is 1. The van der Waals surface area contributed by atoms with Gasteiger partial charge in [-0.25, -0.2) is 4.98 Å². The molecule has 1 aromatic carbocycles. The van der Waals surface area contributed by atoms with E-state index in [1.165, 1.54) is 11.3 Å². The number of carbonyl (C=O) groups is 1. The van der Waals surface area contributed by atoms with E-state index >= 15 is 0 Å². The second-order valence-corrected chi connectivity index (χ2v) is 4.94. The predicted octanol–water partition coefficient (Wildman–Crippen LogP) is 2.47. The summed E-state index contributed by atoms with van der Waals surface area (Å²) in [5.74, 6) is -0.0289. The Morgan fingerprint density at radius 2 is 2.25 bits per heavy atom. The lowest BCUT2D eigenvalue weighted by Gasteiger charge is -2.06. The van der Waals surface area contributed by atoms with E-state index in [9.17, 15) is 4.79 Å². The van der Waals surface area contributed by atoms with E-state index in [0.717, 1.165) is 15.9 Å². The first-order chi connectivity index (χ1) is 7.56. The van der Waals surface area contributed by atoms with Gasteiger partial charge in [0.15, 0.2) is 5.13 Å². The second-order valence-electron chi connectivity index (χ2n) is 3.88. The molecule has 5 heteroatoms. The van der Waals surface area contributed by atoms with E-state index in [1.807, 2.05) is 32.0 Å². The monoisotopic (exact) mass is 235 g/mol. The number of aromatic nitrogens is 1. The molecule has 0 saturated carbocycles. The molecule has 0 aliphatic heterocycles. The SMILES string of the molecule is CC(C)C(=O)Nc1ccc2sc(N)nc2c1. The fourth-order valence-electron chi connectivity index (χ4n) is 1.31. The van der Waals surface area contributed by atoms with Crippen LogP contribution in [0.15, 0.2) is 18.2 Å². The molecule has 0 bridgehead atoms. The third-order valence-electron chi connectivity index (χ3n) is 2.20. The zero-order valence-corrected chi connectivity index (χ0v) is 9.97. The summed E-state index contributed by atoms with van der Waals surface area (Å²) in [5.41, 5.74) is 7.19. The second kappa shape index (κ2) is 4.09. The molecule has 0 atom stereocenters. The molecule has 1 heterocycles. The van der Waals surface area contributed by atoms with Crippen molar-refractivity contribution in [3.05, 3.63) is 18.2 Å². The van der Waals surface area contributed by atoms with Gasteiger partial charge >= 0.3 is 0 Å². The van der Waals surface area contributed by atoms with Crippen LogP contribution in [0.25, 0.3) is 10.2 Å². The molecule has 1 amide bonds. The molecule has 2 rings (SSSR count). The number of nitrogens with one attached hydrogen (secondary N) is 1. The van der Waals surface area contributed by atoms with Gasteiger partial charge in [0.25, 0.3) is 0 Å². The smallest absolute Gasteiger partial charge is 0.226 e. The van der Waals surface area contributed by atoms with Gasteiger partial charge in [-0.05, 0) is 18.2 Å². The van der Waals surface area contributed by atoms with E-state index in [-0.39, 0.29) is 11.8 Å². The van der Waals surface area contributed by atoms with Crippen LogP contribution in [0.5, 0.6) is 0 Å². The van der Waals surface area contributed by atoms with Crippen LogP contribution in [-0.4, -0.2) is 10.9 Å². The third-order valence-corrected chi connectivity index (χ3v) is 3.06. The number of anilines is 2. The van der Waals surface area contributed by atoms with Crippen molar-refractivity contribution in [1.82, 2.24) is 4.98 Å². The zero-order valence-electron chi connectivity index (χ0n) is 9.15. The van der Waals surface area contributed by atoms with Gasteiger partial charge in [0.05, 0.1) is 10.2 Å². The third kappa shape index (κ3) is 2.14. The van der Waals surface area contributed by atoms with E-state index < -0.39 is 0 Å². The highest BCUT2D eigenvalue weighted by atomic mass is 32.1. The topological polar surface area (TPSA) is 68.0 Å². The standard InChI is InChI=1S/C11H13N3OS/c1-6(2)10(15)13-7-3-4-9-8(5-7)14-11(12)16-9/h3-6H,1-2H3,(H2,12,14)(H,13,15). The number of thiazole rings is 1. The summed E-state index contributed by atoms with van der Waals surface area (Å²) in [7, 11) is 0. The van der Waals surface area contributed by atoms with Crippen molar-refractivity contribution in [3.63, 3.8) is 0 Å². The first-order valence-electron chi connectivity index (χ1n) is 5.03. The van der Waals surface area contributed by atoms with Gasteiger partial charge in [-0.15, -0.1) is 0 Å². The van der Waals surface area contributed by atoms with Gasteiger partial charge in [0.1, 0.15) is 0 Å². The quantitative estimate of drug-likeness (QED) is 0.840. The molecule has 0 saturated heterocycles. The van der Waals surface area contributed by atoms with Gasteiger partial charge in [0, 0.05) is 11.6 Å². The van der Waals surface area contributed by atoms with Crippen LogP contribution in [0.1, 0.15) is 13.8 Å². The Balaban J connectivity index is 2.29. The highest BCUT2D eigenvalue weighted by Gasteiger charge is 2.08. The molecule has 0 fully saturated rings. The molecule has 0 unspecified atom stereocenters. The minimum atomic E-state index is -0.0313. The average Bonchev–Trinajstić information content (AvgIpc) is 2.57. The summed E-state index contributed by atoms with van der Waals surface area (Å²) in [4.78, 5) is 15.7. The lowest BCUT2D eigenvalue weighted by Crippen LogP contribution is -2.17. The predicted molar refractivity (Wildman–Crippen MR) is 67.5 cm³/mol. The molecule has 0 spiro atoms. The van der Waals surface area contributed by atoms with Crippen molar-refractivity contribution in [2.75, 3.05) is 11.1 Å². The number of nitrogen functional groups attached to an aromatic ring is 1. The molecule has 84 valence electrons. The Morgan fingerprint density at radius 1 is 1.50 bits per heavy atom. The number of nitrogens with zero attached hydrogens (tertiary/aromatic N) is 1. The molecular weight excluding hydrogens is 222 g/mol. The highest BCUT2D eigenvalue weighted by molar-refractivity contribution is 7.22. The number of rotatable bonds is 2. The number of nitrogens with two attached hydrogens (primary N) is 1.